The first-order valence-electron chi connectivity index (χ1n) is 6.59. The average Bonchev–Trinajstić information content (AvgIpc) is 2.52. The first-order valence-corrected chi connectivity index (χ1v) is 6.59. The van der Waals surface area contributed by atoms with Crippen LogP contribution in [0, 0.1) is 0 Å². The fourth-order valence-corrected chi connectivity index (χ4v) is 1.70. The van der Waals surface area contributed by atoms with Gasteiger partial charge in [0.25, 0.3) is 0 Å². The maximum atomic E-state index is 11.8. The van der Waals surface area contributed by atoms with E-state index in [2.05, 4.69) is 0 Å². The lowest BCUT2D eigenvalue weighted by Crippen LogP contribution is -2.11. The third-order valence-corrected chi connectivity index (χ3v) is 3.10. The van der Waals surface area contributed by atoms with E-state index in [1.165, 1.54) is 25.1 Å². The summed E-state index contributed by atoms with van der Waals surface area (Å²) in [5.41, 5.74) is 0.658. The molecule has 0 aromatic heterocycles. The maximum Gasteiger partial charge on any atom is 0.370 e. The van der Waals surface area contributed by atoms with Crippen LogP contribution >= 0.6 is 0 Å². The highest BCUT2D eigenvalue weighted by atomic mass is 16.4. The molecular formula is C16H16O7. The van der Waals surface area contributed by atoms with Crippen molar-refractivity contribution in [2.24, 2.45) is 0 Å². The SMILES string of the molecule is CC(C(=O)O)c1cccc(C(O)C(=O)/C=C\C=C(\O)C(=O)O)c1. The van der Waals surface area contributed by atoms with Gasteiger partial charge in [-0.15, -0.1) is 0 Å². The lowest BCUT2D eigenvalue weighted by Gasteiger charge is -2.11. The summed E-state index contributed by atoms with van der Waals surface area (Å²) < 4.78 is 0. The van der Waals surface area contributed by atoms with Gasteiger partial charge in [0.2, 0.25) is 5.76 Å². The van der Waals surface area contributed by atoms with Crippen LogP contribution in [0.1, 0.15) is 30.1 Å². The third kappa shape index (κ3) is 5.08. The molecule has 0 amide bonds. The zero-order valence-corrected chi connectivity index (χ0v) is 12.2. The molecule has 0 aliphatic carbocycles. The third-order valence-electron chi connectivity index (χ3n) is 3.10. The van der Waals surface area contributed by atoms with Crippen LogP contribution in [0.15, 0.2) is 48.3 Å². The van der Waals surface area contributed by atoms with E-state index >= 15 is 0 Å². The van der Waals surface area contributed by atoms with Crippen LogP contribution in [0.4, 0.5) is 0 Å². The van der Waals surface area contributed by atoms with E-state index in [0.29, 0.717) is 5.56 Å². The van der Waals surface area contributed by atoms with Gasteiger partial charge in [-0.1, -0.05) is 30.3 Å². The van der Waals surface area contributed by atoms with Crippen LogP contribution in [0.2, 0.25) is 0 Å². The van der Waals surface area contributed by atoms with Gasteiger partial charge in [0.05, 0.1) is 5.92 Å². The molecule has 1 aromatic carbocycles. The number of aliphatic hydroxyl groups excluding tert-OH is 2. The van der Waals surface area contributed by atoms with Crippen molar-refractivity contribution < 1.29 is 34.8 Å². The number of rotatable bonds is 7. The van der Waals surface area contributed by atoms with Crippen molar-refractivity contribution in [3.05, 3.63) is 59.4 Å². The lowest BCUT2D eigenvalue weighted by atomic mass is 9.96. The monoisotopic (exact) mass is 320 g/mol. The minimum absolute atomic E-state index is 0.219. The number of aliphatic hydroxyl groups is 2. The van der Waals surface area contributed by atoms with Crippen LogP contribution in [-0.4, -0.2) is 38.1 Å². The first kappa shape index (κ1) is 18.1. The van der Waals surface area contributed by atoms with Gasteiger partial charge in [0, 0.05) is 0 Å². The number of allylic oxidation sites excluding steroid dienone is 2. The summed E-state index contributed by atoms with van der Waals surface area (Å²) in [6.07, 6.45) is 1.19. The molecule has 4 N–H and O–H groups in total. The van der Waals surface area contributed by atoms with Crippen molar-refractivity contribution in [2.75, 3.05) is 0 Å². The van der Waals surface area contributed by atoms with E-state index in [4.69, 9.17) is 15.3 Å². The number of aliphatic carboxylic acids is 2. The van der Waals surface area contributed by atoms with E-state index < -0.39 is 35.5 Å². The number of carbonyl (C=O) groups is 3. The van der Waals surface area contributed by atoms with E-state index in [0.717, 1.165) is 18.2 Å². The molecule has 7 heteroatoms. The Balaban J connectivity index is 2.91. The Kier molecular flexibility index (Phi) is 6.23. The Morgan fingerprint density at radius 1 is 1.09 bits per heavy atom. The second kappa shape index (κ2) is 7.90. The number of carboxylic acid groups (broad SMARTS) is 2. The minimum Gasteiger partial charge on any atom is -0.502 e. The molecule has 1 rings (SSSR count). The Bertz CT molecular complexity index is 673. The second-order valence-corrected chi connectivity index (χ2v) is 4.75. The maximum absolute atomic E-state index is 11.8. The van der Waals surface area contributed by atoms with Gasteiger partial charge in [-0.25, -0.2) is 4.79 Å². The molecule has 2 atom stereocenters. The predicted molar refractivity (Wildman–Crippen MR) is 79.9 cm³/mol. The van der Waals surface area contributed by atoms with Crippen molar-refractivity contribution in [2.45, 2.75) is 18.9 Å². The lowest BCUT2D eigenvalue weighted by molar-refractivity contribution is -0.138. The highest BCUT2D eigenvalue weighted by Gasteiger charge is 2.18. The van der Waals surface area contributed by atoms with Crippen molar-refractivity contribution in [3.63, 3.8) is 0 Å². The van der Waals surface area contributed by atoms with Crippen LogP contribution in [0.25, 0.3) is 0 Å². The summed E-state index contributed by atoms with van der Waals surface area (Å²) in [5, 5.41) is 36.3. The molecule has 1 aromatic rings. The van der Waals surface area contributed by atoms with Crippen LogP contribution in [0.5, 0.6) is 0 Å². The molecule has 0 spiro atoms. The highest BCUT2D eigenvalue weighted by Crippen LogP contribution is 2.21. The first-order chi connectivity index (χ1) is 10.7. The number of benzene rings is 1. The van der Waals surface area contributed by atoms with E-state index in [-0.39, 0.29) is 5.56 Å². The van der Waals surface area contributed by atoms with E-state index in [1.54, 1.807) is 6.07 Å². The summed E-state index contributed by atoms with van der Waals surface area (Å²) in [6, 6.07) is 5.99. The molecule has 0 aliphatic rings. The van der Waals surface area contributed by atoms with Crippen LogP contribution in [0.3, 0.4) is 0 Å². The summed E-state index contributed by atoms with van der Waals surface area (Å²) in [6.45, 7) is 1.48. The van der Waals surface area contributed by atoms with Crippen molar-refractivity contribution in [1.29, 1.82) is 0 Å². The molecule has 0 saturated carbocycles. The Morgan fingerprint density at radius 3 is 2.26 bits per heavy atom. The summed E-state index contributed by atoms with van der Waals surface area (Å²) >= 11 is 0. The zero-order valence-electron chi connectivity index (χ0n) is 12.2. The van der Waals surface area contributed by atoms with Gasteiger partial charge in [0.1, 0.15) is 6.10 Å². The van der Waals surface area contributed by atoms with Gasteiger partial charge in [0.15, 0.2) is 5.78 Å². The number of carboxylic acids is 2. The summed E-state index contributed by atoms with van der Waals surface area (Å²) in [4.78, 5) is 33.1. The smallest absolute Gasteiger partial charge is 0.370 e. The number of carbonyl (C=O) groups excluding carboxylic acids is 1. The molecule has 122 valence electrons. The predicted octanol–water partition coefficient (Wildman–Crippen LogP) is 1.56. The number of hydrogen-bond acceptors (Lipinski definition) is 5. The van der Waals surface area contributed by atoms with Crippen molar-refractivity contribution in [3.8, 4) is 0 Å². The fraction of sp³-hybridized carbons (Fsp3) is 0.188. The van der Waals surface area contributed by atoms with Gasteiger partial charge >= 0.3 is 11.9 Å². The zero-order chi connectivity index (χ0) is 17.6. The quantitative estimate of drug-likeness (QED) is 0.340. The molecule has 0 aliphatic heterocycles. The molecule has 0 fully saturated rings. The highest BCUT2D eigenvalue weighted by molar-refractivity contribution is 5.94. The summed E-state index contributed by atoms with van der Waals surface area (Å²) in [7, 11) is 0. The van der Waals surface area contributed by atoms with Crippen molar-refractivity contribution in [1.82, 2.24) is 0 Å². The standard InChI is InChI=1S/C16H16O7/c1-9(15(20)21)10-4-2-5-11(8-10)14(19)12(17)6-3-7-13(18)16(22)23/h2-9,14,18-19H,1H3,(H,20,21)(H,22,23)/b6-3-,13-7+. The van der Waals surface area contributed by atoms with E-state index in [9.17, 15) is 19.5 Å². The van der Waals surface area contributed by atoms with Crippen LogP contribution in [-0.2, 0) is 14.4 Å². The fourth-order valence-electron chi connectivity index (χ4n) is 1.70. The molecule has 23 heavy (non-hydrogen) atoms. The molecule has 0 heterocycles. The van der Waals surface area contributed by atoms with Gasteiger partial charge in [-0.2, -0.15) is 0 Å². The average molecular weight is 320 g/mol. The largest absolute Gasteiger partial charge is 0.502 e. The summed E-state index contributed by atoms with van der Waals surface area (Å²) in [5.74, 6) is -5.04. The van der Waals surface area contributed by atoms with Gasteiger partial charge in [-0.05, 0) is 30.2 Å². The molecule has 2 unspecified atom stereocenters. The minimum atomic E-state index is -1.54. The Morgan fingerprint density at radius 2 is 1.70 bits per heavy atom. The molecule has 0 bridgehead atoms. The second-order valence-electron chi connectivity index (χ2n) is 4.75. The van der Waals surface area contributed by atoms with E-state index in [1.807, 2.05) is 0 Å². The topological polar surface area (TPSA) is 132 Å². The molecular weight excluding hydrogens is 304 g/mol. The number of ketones is 1. The Hall–Kier alpha value is -2.93. The van der Waals surface area contributed by atoms with Gasteiger partial charge in [-0.3, -0.25) is 9.59 Å². The Labute approximate surface area is 131 Å². The van der Waals surface area contributed by atoms with Crippen LogP contribution < -0.4 is 0 Å². The normalized spacial score (nSPS) is 14.4. The molecule has 0 saturated heterocycles. The number of hydrogen-bond donors (Lipinski definition) is 4. The molecule has 7 nitrogen and oxygen atoms in total. The molecule has 0 radical (unpaired) electrons. The van der Waals surface area contributed by atoms with Gasteiger partial charge < -0.3 is 20.4 Å². The van der Waals surface area contributed by atoms with Crippen molar-refractivity contribution >= 4 is 17.7 Å².